The lowest BCUT2D eigenvalue weighted by molar-refractivity contribution is -0.132. The summed E-state index contributed by atoms with van der Waals surface area (Å²) in [6, 6.07) is 0.128. The van der Waals surface area contributed by atoms with E-state index in [4.69, 9.17) is 0 Å². The van der Waals surface area contributed by atoms with Gasteiger partial charge in [0.1, 0.15) is 11.6 Å². The first-order valence-electron chi connectivity index (χ1n) is 7.93. The molecule has 1 atom stereocenters. The molecule has 1 fully saturated rings. The lowest BCUT2D eigenvalue weighted by atomic mass is 10.2. The van der Waals surface area contributed by atoms with Crippen LogP contribution in [-0.4, -0.2) is 56.5 Å². The molecule has 7 nitrogen and oxygen atoms in total. The average molecular weight is 314 g/mol. The molecule has 0 bridgehead atoms. The van der Waals surface area contributed by atoms with Gasteiger partial charge < -0.3 is 14.4 Å². The van der Waals surface area contributed by atoms with Gasteiger partial charge in [-0.25, -0.2) is 9.97 Å². The number of amides is 1. The predicted molar refractivity (Wildman–Crippen MR) is 87.1 cm³/mol. The molecule has 2 aromatic heterocycles. The summed E-state index contributed by atoms with van der Waals surface area (Å²) >= 11 is 0. The van der Waals surface area contributed by atoms with Gasteiger partial charge in [-0.3, -0.25) is 9.78 Å². The minimum absolute atomic E-state index is 0.128. The molecule has 122 valence electrons. The number of carbonyl (C=O) groups excluding carboxylic acids is 1. The van der Waals surface area contributed by atoms with Crippen LogP contribution in [0.4, 0.5) is 5.82 Å². The zero-order valence-corrected chi connectivity index (χ0v) is 13.6. The minimum Gasteiger partial charge on any atom is -0.352 e. The number of aryl methyl sites for hydroxylation is 1. The van der Waals surface area contributed by atoms with Gasteiger partial charge in [-0.2, -0.15) is 0 Å². The van der Waals surface area contributed by atoms with Crippen LogP contribution in [0.1, 0.15) is 25.2 Å². The summed E-state index contributed by atoms with van der Waals surface area (Å²) in [4.78, 5) is 29.2. The van der Waals surface area contributed by atoms with Crippen molar-refractivity contribution >= 4 is 11.7 Å². The Bertz CT molecular complexity index is 648. The first-order valence-corrected chi connectivity index (χ1v) is 7.93. The van der Waals surface area contributed by atoms with Crippen molar-refractivity contribution in [1.29, 1.82) is 0 Å². The quantitative estimate of drug-likeness (QED) is 0.850. The van der Waals surface area contributed by atoms with E-state index < -0.39 is 0 Å². The second kappa shape index (κ2) is 6.76. The molecule has 1 saturated heterocycles. The number of nitrogens with zero attached hydrogens (tertiary/aromatic N) is 6. The summed E-state index contributed by atoms with van der Waals surface area (Å²) in [5.74, 6) is 2.02. The average Bonchev–Trinajstić information content (AvgIpc) is 3.02. The fourth-order valence-corrected chi connectivity index (χ4v) is 2.97. The number of carbonyl (C=O) groups is 1. The van der Waals surface area contributed by atoms with Crippen LogP contribution in [0.3, 0.4) is 0 Å². The Hall–Kier alpha value is -2.44. The second-order valence-corrected chi connectivity index (χ2v) is 5.87. The lowest BCUT2D eigenvalue weighted by Gasteiger charge is -2.35. The van der Waals surface area contributed by atoms with Crippen LogP contribution in [0.15, 0.2) is 31.0 Å². The lowest BCUT2D eigenvalue weighted by Crippen LogP contribution is -2.49. The van der Waals surface area contributed by atoms with Gasteiger partial charge in [0.05, 0.1) is 6.20 Å². The van der Waals surface area contributed by atoms with Gasteiger partial charge in [-0.05, 0) is 13.8 Å². The van der Waals surface area contributed by atoms with Crippen molar-refractivity contribution in [2.45, 2.75) is 26.3 Å². The largest absolute Gasteiger partial charge is 0.352 e. The Morgan fingerprint density at radius 1 is 1.17 bits per heavy atom. The predicted octanol–water partition coefficient (Wildman–Crippen LogP) is 1.28. The van der Waals surface area contributed by atoms with E-state index in [9.17, 15) is 4.79 Å². The molecule has 0 saturated carbocycles. The van der Waals surface area contributed by atoms with Gasteiger partial charge in [-0.15, -0.1) is 0 Å². The molecular weight excluding hydrogens is 292 g/mol. The van der Waals surface area contributed by atoms with Crippen molar-refractivity contribution in [3.8, 4) is 0 Å². The summed E-state index contributed by atoms with van der Waals surface area (Å²) in [6.07, 6.45) is 9.34. The Morgan fingerprint density at radius 2 is 1.96 bits per heavy atom. The Balaban J connectivity index is 1.53. The maximum absolute atomic E-state index is 12.5. The molecule has 1 aliphatic rings. The third kappa shape index (κ3) is 3.49. The maximum Gasteiger partial charge on any atom is 0.224 e. The highest BCUT2D eigenvalue weighted by molar-refractivity contribution is 5.77. The first-order chi connectivity index (χ1) is 11.1. The number of aromatic nitrogens is 4. The van der Waals surface area contributed by atoms with Crippen LogP contribution >= 0.6 is 0 Å². The summed E-state index contributed by atoms with van der Waals surface area (Å²) in [5.41, 5.74) is 0. The monoisotopic (exact) mass is 314 g/mol. The number of imidazole rings is 1. The van der Waals surface area contributed by atoms with E-state index >= 15 is 0 Å². The molecular formula is C16H22N6O. The fourth-order valence-electron chi connectivity index (χ4n) is 2.97. The molecule has 0 aliphatic carbocycles. The van der Waals surface area contributed by atoms with E-state index in [-0.39, 0.29) is 11.9 Å². The van der Waals surface area contributed by atoms with Gasteiger partial charge in [-0.1, -0.05) is 0 Å². The summed E-state index contributed by atoms with van der Waals surface area (Å²) in [6.45, 7) is 7.06. The zero-order chi connectivity index (χ0) is 16.2. The fraction of sp³-hybridized carbons (Fsp3) is 0.500. The Labute approximate surface area is 136 Å². The van der Waals surface area contributed by atoms with E-state index in [1.807, 2.05) is 22.6 Å². The van der Waals surface area contributed by atoms with Crippen LogP contribution in [0, 0.1) is 6.92 Å². The first kappa shape index (κ1) is 15.5. The third-order valence-corrected chi connectivity index (χ3v) is 4.31. The third-order valence-electron chi connectivity index (χ3n) is 4.31. The van der Waals surface area contributed by atoms with Gasteiger partial charge in [0, 0.05) is 63.4 Å². The number of hydrogen-bond acceptors (Lipinski definition) is 5. The van der Waals surface area contributed by atoms with Crippen molar-refractivity contribution in [3.05, 3.63) is 36.8 Å². The molecule has 0 N–H and O–H groups in total. The molecule has 7 heteroatoms. The van der Waals surface area contributed by atoms with Crippen LogP contribution in [-0.2, 0) is 4.79 Å². The van der Waals surface area contributed by atoms with Gasteiger partial charge in [0.25, 0.3) is 0 Å². The molecule has 0 spiro atoms. The Morgan fingerprint density at radius 3 is 2.57 bits per heavy atom. The van der Waals surface area contributed by atoms with E-state index in [2.05, 4.69) is 26.8 Å². The maximum atomic E-state index is 12.5. The molecule has 0 radical (unpaired) electrons. The summed E-state index contributed by atoms with van der Waals surface area (Å²) in [7, 11) is 0. The highest BCUT2D eigenvalue weighted by Gasteiger charge is 2.23. The molecule has 23 heavy (non-hydrogen) atoms. The van der Waals surface area contributed by atoms with E-state index in [0.29, 0.717) is 6.42 Å². The molecule has 0 unspecified atom stereocenters. The molecule has 2 aromatic rings. The highest BCUT2D eigenvalue weighted by atomic mass is 16.2. The van der Waals surface area contributed by atoms with Crippen LogP contribution in [0.2, 0.25) is 0 Å². The van der Waals surface area contributed by atoms with Crippen molar-refractivity contribution < 1.29 is 4.79 Å². The number of rotatable bonds is 4. The van der Waals surface area contributed by atoms with Crippen molar-refractivity contribution in [1.82, 2.24) is 24.4 Å². The number of piperazine rings is 1. The normalized spacial score (nSPS) is 16.4. The van der Waals surface area contributed by atoms with Crippen molar-refractivity contribution in [3.63, 3.8) is 0 Å². The highest BCUT2D eigenvalue weighted by Crippen LogP contribution is 2.17. The van der Waals surface area contributed by atoms with Crippen LogP contribution in [0.25, 0.3) is 0 Å². The van der Waals surface area contributed by atoms with E-state index in [0.717, 1.165) is 37.8 Å². The van der Waals surface area contributed by atoms with Gasteiger partial charge in [0.2, 0.25) is 5.91 Å². The zero-order valence-electron chi connectivity index (χ0n) is 13.6. The Kier molecular flexibility index (Phi) is 4.55. The van der Waals surface area contributed by atoms with Crippen molar-refractivity contribution in [2.24, 2.45) is 0 Å². The molecule has 1 amide bonds. The minimum atomic E-state index is 0.128. The smallest absolute Gasteiger partial charge is 0.224 e. The van der Waals surface area contributed by atoms with Gasteiger partial charge >= 0.3 is 0 Å². The molecule has 1 aliphatic heterocycles. The van der Waals surface area contributed by atoms with E-state index in [1.54, 1.807) is 24.8 Å². The number of anilines is 1. The van der Waals surface area contributed by atoms with Crippen LogP contribution < -0.4 is 4.90 Å². The molecule has 3 heterocycles. The van der Waals surface area contributed by atoms with Gasteiger partial charge in [0.15, 0.2) is 0 Å². The van der Waals surface area contributed by atoms with Crippen LogP contribution in [0.5, 0.6) is 0 Å². The second-order valence-electron chi connectivity index (χ2n) is 5.87. The SMILES string of the molecule is Cc1nccn1[C@H](C)CC(=O)N1CCN(c2cnccn2)CC1. The molecule has 0 aromatic carbocycles. The topological polar surface area (TPSA) is 67.2 Å². The summed E-state index contributed by atoms with van der Waals surface area (Å²) in [5, 5.41) is 0. The standard InChI is InChI=1S/C16H22N6O/c1-13(22-6-5-18-14(22)2)11-16(23)21-9-7-20(8-10-21)15-12-17-3-4-19-15/h3-6,12-13H,7-11H2,1-2H3/t13-/m1/s1. The van der Waals surface area contributed by atoms with Crippen molar-refractivity contribution in [2.75, 3.05) is 31.1 Å². The molecule has 3 rings (SSSR count). The summed E-state index contributed by atoms with van der Waals surface area (Å²) < 4.78 is 2.05. The number of hydrogen-bond donors (Lipinski definition) is 0. The van der Waals surface area contributed by atoms with E-state index in [1.165, 1.54) is 0 Å².